The minimum absolute atomic E-state index is 0.117. The van der Waals surface area contributed by atoms with Gasteiger partial charge in [0.1, 0.15) is 5.69 Å². The van der Waals surface area contributed by atoms with Crippen molar-refractivity contribution < 1.29 is 18.0 Å². The lowest BCUT2D eigenvalue weighted by Crippen LogP contribution is -2.39. The molecule has 146 valence electrons. The molecule has 10 heteroatoms. The lowest BCUT2D eigenvalue weighted by atomic mass is 9.97. The lowest BCUT2D eigenvalue weighted by molar-refractivity contribution is 0.0690. The second-order valence-electron chi connectivity index (χ2n) is 6.72. The van der Waals surface area contributed by atoms with Crippen LogP contribution in [0.15, 0.2) is 33.6 Å². The third kappa shape index (κ3) is 3.21. The van der Waals surface area contributed by atoms with Gasteiger partial charge in [-0.2, -0.15) is 5.10 Å². The highest BCUT2D eigenvalue weighted by Gasteiger charge is 2.30. The maximum atomic E-state index is 14.0. The van der Waals surface area contributed by atoms with E-state index in [0.717, 1.165) is 23.2 Å². The highest BCUT2D eigenvalue weighted by Crippen LogP contribution is 2.26. The van der Waals surface area contributed by atoms with Crippen molar-refractivity contribution in [1.29, 1.82) is 0 Å². The Morgan fingerprint density at radius 2 is 2.07 bits per heavy atom. The van der Waals surface area contributed by atoms with Crippen molar-refractivity contribution >= 4 is 5.91 Å². The predicted octanol–water partition coefficient (Wildman–Crippen LogP) is 2.16. The number of aromatic amines is 1. The molecular weight excluding hydrogens is 372 g/mol. The summed E-state index contributed by atoms with van der Waals surface area (Å²) in [4.78, 5) is 25.7. The molecule has 1 amide bonds. The second kappa shape index (κ2) is 7.02. The fourth-order valence-corrected chi connectivity index (χ4v) is 3.42. The molecule has 0 saturated carbocycles. The van der Waals surface area contributed by atoms with Crippen LogP contribution in [0.3, 0.4) is 0 Å². The third-order valence-corrected chi connectivity index (χ3v) is 4.78. The Labute approximate surface area is 157 Å². The van der Waals surface area contributed by atoms with E-state index in [0.29, 0.717) is 25.1 Å². The summed E-state index contributed by atoms with van der Waals surface area (Å²) in [5.41, 5.74) is 0.285. The average Bonchev–Trinajstić information content (AvgIpc) is 3.27. The number of amides is 1. The fraction of sp³-hybridized carbons (Fsp3) is 0.333. The molecule has 28 heavy (non-hydrogen) atoms. The SMILES string of the molecule is Cc1cn(-c2c(F)cccc2F)nc1C(=O)N1CCC[C@H](c2n[nH]c(=O)o2)C1. The Hall–Kier alpha value is -3.30. The summed E-state index contributed by atoms with van der Waals surface area (Å²) in [5, 5.41) is 10.2. The number of nitrogens with one attached hydrogen (secondary N) is 1. The number of likely N-dealkylation sites (tertiary alicyclic amines) is 1. The second-order valence-corrected chi connectivity index (χ2v) is 6.72. The van der Waals surface area contributed by atoms with Crippen LogP contribution in [0.4, 0.5) is 8.78 Å². The number of hydrogen-bond acceptors (Lipinski definition) is 5. The van der Waals surface area contributed by atoms with Gasteiger partial charge in [0.25, 0.3) is 5.91 Å². The minimum Gasteiger partial charge on any atom is -0.392 e. The van der Waals surface area contributed by atoms with Gasteiger partial charge in [-0.25, -0.2) is 23.4 Å². The van der Waals surface area contributed by atoms with E-state index in [9.17, 15) is 18.4 Å². The van der Waals surface area contributed by atoms with Crippen molar-refractivity contribution in [3.8, 4) is 5.69 Å². The van der Waals surface area contributed by atoms with E-state index < -0.39 is 17.4 Å². The first kappa shape index (κ1) is 18.1. The topological polar surface area (TPSA) is 97.0 Å². The molecule has 0 unspecified atom stereocenters. The van der Waals surface area contributed by atoms with Crippen LogP contribution >= 0.6 is 0 Å². The monoisotopic (exact) mass is 389 g/mol. The normalized spacial score (nSPS) is 17.1. The van der Waals surface area contributed by atoms with Crippen LogP contribution in [0.5, 0.6) is 0 Å². The van der Waals surface area contributed by atoms with Gasteiger partial charge in [0.15, 0.2) is 17.3 Å². The molecule has 8 nitrogen and oxygen atoms in total. The molecule has 3 heterocycles. The van der Waals surface area contributed by atoms with Crippen molar-refractivity contribution in [3.05, 3.63) is 63.7 Å². The summed E-state index contributed by atoms with van der Waals surface area (Å²) in [6.07, 6.45) is 2.85. The van der Waals surface area contributed by atoms with Gasteiger partial charge in [-0.1, -0.05) is 6.07 Å². The number of rotatable bonds is 3. The largest absolute Gasteiger partial charge is 0.434 e. The molecule has 0 spiro atoms. The van der Waals surface area contributed by atoms with Crippen molar-refractivity contribution in [3.63, 3.8) is 0 Å². The molecule has 0 aliphatic carbocycles. The quantitative estimate of drug-likeness (QED) is 0.740. The number of para-hydroxylation sites is 1. The van der Waals surface area contributed by atoms with E-state index in [2.05, 4.69) is 15.3 Å². The first-order valence-electron chi connectivity index (χ1n) is 8.79. The first-order chi connectivity index (χ1) is 13.4. The van der Waals surface area contributed by atoms with Crippen LogP contribution in [0, 0.1) is 18.6 Å². The molecule has 4 rings (SSSR count). The summed E-state index contributed by atoms with van der Waals surface area (Å²) in [6, 6.07) is 3.52. The molecule has 1 N–H and O–H groups in total. The Kier molecular flexibility index (Phi) is 4.54. The van der Waals surface area contributed by atoms with Crippen LogP contribution < -0.4 is 5.76 Å². The lowest BCUT2D eigenvalue weighted by Gasteiger charge is -2.30. The Balaban J connectivity index is 1.60. The third-order valence-electron chi connectivity index (χ3n) is 4.78. The summed E-state index contributed by atoms with van der Waals surface area (Å²) >= 11 is 0. The standard InChI is InChI=1S/C18H17F2N5O3/c1-10-8-25(15-12(19)5-2-6-13(15)20)23-14(10)17(26)24-7-3-4-11(9-24)16-21-22-18(27)28-16/h2,5-6,8,11H,3-4,7,9H2,1H3,(H,22,27)/t11-/m0/s1. The van der Waals surface area contributed by atoms with Gasteiger partial charge in [0, 0.05) is 24.8 Å². The molecule has 1 saturated heterocycles. The number of carbonyl (C=O) groups excluding carboxylic acids is 1. The summed E-state index contributed by atoms with van der Waals surface area (Å²) in [5.74, 6) is -2.47. The number of carbonyl (C=O) groups is 1. The summed E-state index contributed by atoms with van der Waals surface area (Å²) in [7, 11) is 0. The highest BCUT2D eigenvalue weighted by molar-refractivity contribution is 5.93. The van der Waals surface area contributed by atoms with Crippen molar-refractivity contribution in [2.24, 2.45) is 0 Å². The van der Waals surface area contributed by atoms with Crippen LogP contribution in [0.25, 0.3) is 5.69 Å². The number of hydrogen-bond donors (Lipinski definition) is 1. The molecule has 3 aromatic rings. The van der Waals surface area contributed by atoms with Gasteiger partial charge in [-0.15, -0.1) is 5.10 Å². The van der Waals surface area contributed by atoms with Crippen LogP contribution in [0.1, 0.15) is 40.7 Å². The fourth-order valence-electron chi connectivity index (χ4n) is 3.42. The van der Waals surface area contributed by atoms with E-state index in [-0.39, 0.29) is 29.1 Å². The van der Waals surface area contributed by atoms with Crippen LogP contribution in [0.2, 0.25) is 0 Å². The zero-order chi connectivity index (χ0) is 19.8. The number of halogens is 2. The number of aromatic nitrogens is 4. The number of piperidine rings is 1. The van der Waals surface area contributed by atoms with E-state index in [1.165, 1.54) is 12.3 Å². The van der Waals surface area contributed by atoms with Gasteiger partial charge < -0.3 is 9.32 Å². The average molecular weight is 389 g/mol. The molecule has 1 fully saturated rings. The van der Waals surface area contributed by atoms with Gasteiger partial charge >= 0.3 is 5.76 Å². The van der Waals surface area contributed by atoms with Crippen molar-refractivity contribution in [2.75, 3.05) is 13.1 Å². The van der Waals surface area contributed by atoms with Gasteiger partial charge in [-0.05, 0) is 31.9 Å². The molecule has 1 aliphatic rings. The van der Waals surface area contributed by atoms with E-state index >= 15 is 0 Å². The minimum atomic E-state index is -0.770. The highest BCUT2D eigenvalue weighted by atomic mass is 19.1. The molecule has 0 bridgehead atoms. The van der Waals surface area contributed by atoms with Gasteiger partial charge in [0.2, 0.25) is 5.89 Å². The van der Waals surface area contributed by atoms with Gasteiger partial charge in [0.05, 0.1) is 5.92 Å². The summed E-state index contributed by atoms with van der Waals surface area (Å²) in [6.45, 7) is 2.47. The van der Waals surface area contributed by atoms with Crippen molar-refractivity contribution in [2.45, 2.75) is 25.7 Å². The molecule has 0 radical (unpaired) electrons. The van der Waals surface area contributed by atoms with E-state index in [1.54, 1.807) is 11.8 Å². The number of benzene rings is 1. The molecule has 1 atom stereocenters. The van der Waals surface area contributed by atoms with Crippen LogP contribution in [-0.2, 0) is 0 Å². The van der Waals surface area contributed by atoms with E-state index in [1.807, 2.05) is 0 Å². The zero-order valence-corrected chi connectivity index (χ0v) is 15.0. The maximum Gasteiger partial charge on any atom is 0.434 e. The molecule has 2 aromatic heterocycles. The Morgan fingerprint density at radius 1 is 1.32 bits per heavy atom. The predicted molar refractivity (Wildman–Crippen MR) is 93.2 cm³/mol. The number of aryl methyl sites for hydroxylation is 1. The first-order valence-corrected chi connectivity index (χ1v) is 8.79. The van der Waals surface area contributed by atoms with Gasteiger partial charge in [-0.3, -0.25) is 4.79 Å². The molecular formula is C18H17F2N5O3. The molecule has 1 aliphatic heterocycles. The van der Waals surface area contributed by atoms with Crippen molar-refractivity contribution in [1.82, 2.24) is 24.9 Å². The zero-order valence-electron chi connectivity index (χ0n) is 15.0. The van der Waals surface area contributed by atoms with Crippen LogP contribution in [-0.4, -0.2) is 43.9 Å². The maximum absolute atomic E-state index is 14.0. The number of H-pyrrole nitrogens is 1. The Bertz CT molecular complexity index is 1070. The Morgan fingerprint density at radius 3 is 2.75 bits per heavy atom. The molecule has 1 aromatic carbocycles. The summed E-state index contributed by atoms with van der Waals surface area (Å²) < 4.78 is 34.1. The smallest absolute Gasteiger partial charge is 0.392 e. The number of nitrogens with zero attached hydrogens (tertiary/aromatic N) is 4. The van der Waals surface area contributed by atoms with E-state index in [4.69, 9.17) is 4.42 Å².